The highest BCUT2D eigenvalue weighted by molar-refractivity contribution is 7.99. The molecule has 0 bridgehead atoms. The zero-order chi connectivity index (χ0) is 11.6. The number of nitrogens with one attached hydrogen (secondary N) is 1. The topological polar surface area (TPSA) is 47.3 Å². The van der Waals surface area contributed by atoms with Crippen LogP contribution in [0.15, 0.2) is 0 Å². The van der Waals surface area contributed by atoms with E-state index in [2.05, 4.69) is 17.2 Å². The van der Waals surface area contributed by atoms with Crippen molar-refractivity contribution in [1.29, 1.82) is 0 Å². The lowest BCUT2D eigenvalue weighted by Gasteiger charge is -2.23. The molecule has 1 aliphatic carbocycles. The molecular formula is C12H26N2OS. The van der Waals surface area contributed by atoms with Gasteiger partial charge in [0.1, 0.15) is 0 Å². The van der Waals surface area contributed by atoms with Crippen molar-refractivity contribution in [2.24, 2.45) is 5.84 Å². The molecule has 1 unspecified atom stereocenters. The second-order valence-corrected chi connectivity index (χ2v) is 5.93. The van der Waals surface area contributed by atoms with Crippen molar-refractivity contribution in [3.63, 3.8) is 0 Å². The van der Waals surface area contributed by atoms with Crippen LogP contribution in [0.2, 0.25) is 0 Å². The zero-order valence-electron chi connectivity index (χ0n) is 10.4. The molecule has 0 aromatic carbocycles. The molecule has 0 saturated heterocycles. The van der Waals surface area contributed by atoms with E-state index in [0.29, 0.717) is 6.04 Å². The molecule has 0 aromatic heterocycles. The van der Waals surface area contributed by atoms with Crippen molar-refractivity contribution in [2.75, 3.05) is 19.5 Å². The summed E-state index contributed by atoms with van der Waals surface area (Å²) in [6.07, 6.45) is 9.29. The van der Waals surface area contributed by atoms with E-state index in [1.165, 1.54) is 32.1 Å². The predicted octanol–water partition coefficient (Wildman–Crippen LogP) is 2.31. The molecule has 0 amide bonds. The Labute approximate surface area is 104 Å². The molecule has 1 aliphatic rings. The summed E-state index contributed by atoms with van der Waals surface area (Å²) in [6, 6.07) is 0.446. The Bertz CT molecular complexity index is 163. The van der Waals surface area contributed by atoms with Crippen LogP contribution in [0.1, 0.15) is 44.9 Å². The quantitative estimate of drug-likeness (QED) is 0.392. The first-order valence-electron chi connectivity index (χ1n) is 6.43. The van der Waals surface area contributed by atoms with E-state index in [-0.39, 0.29) is 0 Å². The molecular weight excluding hydrogens is 220 g/mol. The first kappa shape index (κ1) is 14.3. The second-order valence-electron chi connectivity index (χ2n) is 4.59. The van der Waals surface area contributed by atoms with Crippen LogP contribution in [0.4, 0.5) is 0 Å². The Morgan fingerprint density at radius 3 is 2.75 bits per heavy atom. The largest absolute Gasteiger partial charge is 0.385 e. The zero-order valence-corrected chi connectivity index (χ0v) is 11.2. The van der Waals surface area contributed by atoms with Gasteiger partial charge in [-0.1, -0.05) is 19.3 Å². The van der Waals surface area contributed by atoms with E-state index in [1.54, 1.807) is 7.11 Å². The monoisotopic (exact) mass is 246 g/mol. The van der Waals surface area contributed by atoms with Crippen molar-refractivity contribution >= 4 is 11.8 Å². The molecule has 3 nitrogen and oxygen atoms in total. The lowest BCUT2D eigenvalue weighted by Crippen LogP contribution is -2.37. The third kappa shape index (κ3) is 6.09. The maximum atomic E-state index is 5.57. The molecule has 0 radical (unpaired) electrons. The predicted molar refractivity (Wildman–Crippen MR) is 71.6 cm³/mol. The van der Waals surface area contributed by atoms with E-state index in [0.717, 1.165) is 30.5 Å². The summed E-state index contributed by atoms with van der Waals surface area (Å²) in [4.78, 5) is 0. The number of methoxy groups -OCH3 is 1. The van der Waals surface area contributed by atoms with E-state index < -0.39 is 0 Å². The lowest BCUT2D eigenvalue weighted by atomic mass is 10.0. The first-order chi connectivity index (χ1) is 7.86. The van der Waals surface area contributed by atoms with Crippen LogP contribution in [0.3, 0.4) is 0 Å². The number of rotatable bonds is 8. The van der Waals surface area contributed by atoms with Crippen molar-refractivity contribution in [3.05, 3.63) is 0 Å². The average Bonchev–Trinajstić information content (AvgIpc) is 2.35. The van der Waals surface area contributed by atoms with Gasteiger partial charge >= 0.3 is 0 Å². The van der Waals surface area contributed by atoms with E-state index in [1.807, 2.05) is 0 Å². The minimum absolute atomic E-state index is 0.446. The molecule has 96 valence electrons. The highest BCUT2D eigenvalue weighted by Gasteiger charge is 2.15. The standard InChI is InChI=1S/C12H26N2OS/c1-15-9-5-6-11(14-13)10-16-12-7-3-2-4-8-12/h11-12,14H,2-10,13H2,1H3. The Kier molecular flexibility index (Phi) is 8.29. The van der Waals surface area contributed by atoms with Crippen molar-refractivity contribution in [3.8, 4) is 0 Å². The number of hydrogen-bond acceptors (Lipinski definition) is 4. The van der Waals surface area contributed by atoms with Gasteiger partial charge in [0.05, 0.1) is 0 Å². The van der Waals surface area contributed by atoms with Gasteiger partial charge in [0.15, 0.2) is 0 Å². The van der Waals surface area contributed by atoms with Gasteiger partial charge in [-0.15, -0.1) is 0 Å². The molecule has 0 heterocycles. The SMILES string of the molecule is COCCCC(CSC1CCCCC1)NN. The van der Waals surface area contributed by atoms with Crippen molar-refractivity contribution < 1.29 is 4.74 Å². The van der Waals surface area contributed by atoms with Crippen LogP contribution in [-0.4, -0.2) is 30.8 Å². The van der Waals surface area contributed by atoms with Crippen LogP contribution in [-0.2, 0) is 4.74 Å². The summed E-state index contributed by atoms with van der Waals surface area (Å²) in [5.74, 6) is 6.71. The van der Waals surface area contributed by atoms with Crippen LogP contribution in [0.5, 0.6) is 0 Å². The Morgan fingerprint density at radius 2 is 2.12 bits per heavy atom. The molecule has 0 spiro atoms. The highest BCUT2D eigenvalue weighted by atomic mass is 32.2. The van der Waals surface area contributed by atoms with Gasteiger partial charge in [-0.25, -0.2) is 0 Å². The number of thioether (sulfide) groups is 1. The molecule has 1 saturated carbocycles. The third-order valence-electron chi connectivity index (χ3n) is 3.22. The number of hydrazine groups is 1. The maximum absolute atomic E-state index is 5.57. The summed E-state index contributed by atoms with van der Waals surface area (Å²) in [5, 5.41) is 0.882. The number of ether oxygens (including phenoxy) is 1. The molecule has 4 heteroatoms. The Balaban J connectivity index is 2.07. The smallest absolute Gasteiger partial charge is 0.0462 e. The maximum Gasteiger partial charge on any atom is 0.0462 e. The summed E-state index contributed by atoms with van der Waals surface area (Å²) in [7, 11) is 1.75. The van der Waals surface area contributed by atoms with Gasteiger partial charge < -0.3 is 4.74 Å². The summed E-state index contributed by atoms with van der Waals surface area (Å²) in [5.41, 5.74) is 2.92. The van der Waals surface area contributed by atoms with Crippen molar-refractivity contribution in [2.45, 2.75) is 56.2 Å². The molecule has 1 fully saturated rings. The van der Waals surface area contributed by atoms with Gasteiger partial charge in [-0.3, -0.25) is 11.3 Å². The van der Waals surface area contributed by atoms with Gasteiger partial charge in [0, 0.05) is 30.8 Å². The fourth-order valence-corrected chi connectivity index (χ4v) is 3.61. The summed E-state index contributed by atoms with van der Waals surface area (Å²) >= 11 is 2.10. The van der Waals surface area contributed by atoms with Gasteiger partial charge in [0.2, 0.25) is 0 Å². The van der Waals surface area contributed by atoms with Gasteiger partial charge in [-0.2, -0.15) is 11.8 Å². The van der Waals surface area contributed by atoms with Gasteiger partial charge in [0.25, 0.3) is 0 Å². The molecule has 3 N–H and O–H groups in total. The molecule has 16 heavy (non-hydrogen) atoms. The van der Waals surface area contributed by atoms with Crippen molar-refractivity contribution in [1.82, 2.24) is 5.43 Å². The minimum atomic E-state index is 0.446. The van der Waals surface area contributed by atoms with Crippen LogP contribution in [0, 0.1) is 0 Å². The van der Waals surface area contributed by atoms with Crippen LogP contribution >= 0.6 is 11.8 Å². The first-order valence-corrected chi connectivity index (χ1v) is 7.48. The van der Waals surface area contributed by atoms with E-state index in [4.69, 9.17) is 10.6 Å². The lowest BCUT2D eigenvalue weighted by molar-refractivity contribution is 0.189. The molecule has 0 aromatic rings. The second kappa shape index (κ2) is 9.28. The van der Waals surface area contributed by atoms with E-state index >= 15 is 0 Å². The minimum Gasteiger partial charge on any atom is -0.385 e. The highest BCUT2D eigenvalue weighted by Crippen LogP contribution is 2.28. The molecule has 1 atom stereocenters. The fraction of sp³-hybridized carbons (Fsp3) is 1.00. The van der Waals surface area contributed by atoms with Crippen LogP contribution in [0.25, 0.3) is 0 Å². The summed E-state index contributed by atoms with van der Waals surface area (Å²) < 4.78 is 5.06. The third-order valence-corrected chi connectivity index (χ3v) is 4.76. The Hall–Kier alpha value is 0.230. The summed E-state index contributed by atoms with van der Waals surface area (Å²) in [6.45, 7) is 0.840. The van der Waals surface area contributed by atoms with Crippen LogP contribution < -0.4 is 11.3 Å². The molecule has 0 aliphatic heterocycles. The normalized spacial score (nSPS) is 19.9. The Morgan fingerprint density at radius 1 is 1.38 bits per heavy atom. The van der Waals surface area contributed by atoms with E-state index in [9.17, 15) is 0 Å². The fourth-order valence-electron chi connectivity index (χ4n) is 2.17. The van der Waals surface area contributed by atoms with Gasteiger partial charge in [-0.05, 0) is 25.7 Å². The molecule has 1 rings (SSSR count). The number of nitrogens with two attached hydrogens (primary N) is 1. The number of hydrogen-bond donors (Lipinski definition) is 2. The average molecular weight is 246 g/mol.